The lowest BCUT2D eigenvalue weighted by molar-refractivity contribution is -0.386. The Morgan fingerprint density at radius 2 is 1.81 bits per heavy atom. The highest BCUT2D eigenvalue weighted by Gasteiger charge is 2.32. The Kier molecular flexibility index (Phi) is 6.39. The third kappa shape index (κ3) is 4.27. The molecule has 2 aromatic carbocycles. The van der Waals surface area contributed by atoms with Crippen LogP contribution in [0.5, 0.6) is 17.2 Å². The fraction of sp³-hybridized carbons (Fsp3) is 0.238. The number of benzene rings is 2. The molecule has 0 aliphatic rings. The Hall–Kier alpha value is -4.08. The van der Waals surface area contributed by atoms with Crippen molar-refractivity contribution < 1.29 is 23.9 Å². The van der Waals surface area contributed by atoms with Crippen molar-refractivity contribution in [2.45, 2.75) is 13.0 Å². The molecule has 1 aromatic heterocycles. The van der Waals surface area contributed by atoms with Crippen molar-refractivity contribution in [3.8, 4) is 22.9 Å². The second kappa shape index (κ2) is 9.16. The van der Waals surface area contributed by atoms with E-state index >= 15 is 0 Å². The summed E-state index contributed by atoms with van der Waals surface area (Å²) >= 11 is 0. The number of rotatable bonds is 8. The third-order valence-corrected chi connectivity index (χ3v) is 4.77. The van der Waals surface area contributed by atoms with Gasteiger partial charge in [-0.2, -0.15) is 0 Å². The second-order valence-corrected chi connectivity index (χ2v) is 6.56. The van der Waals surface area contributed by atoms with Crippen LogP contribution in [0, 0.1) is 10.1 Å². The van der Waals surface area contributed by atoms with E-state index in [1.54, 1.807) is 19.4 Å². The number of amides is 1. The number of carbonyl (C=O) groups excluding carboxylic acids is 1. The highest BCUT2D eigenvalue weighted by Crippen LogP contribution is 2.46. The van der Waals surface area contributed by atoms with E-state index in [1.165, 1.54) is 27.4 Å². The lowest BCUT2D eigenvalue weighted by Gasteiger charge is -2.17. The molecule has 0 bridgehead atoms. The fourth-order valence-corrected chi connectivity index (χ4v) is 3.20. The van der Waals surface area contributed by atoms with Crippen molar-refractivity contribution in [1.29, 1.82) is 0 Å². The Balaban J connectivity index is 1.91. The van der Waals surface area contributed by atoms with Crippen LogP contribution >= 0.6 is 0 Å². The number of ether oxygens (including phenoxy) is 3. The summed E-state index contributed by atoms with van der Waals surface area (Å²) in [5.41, 5.74) is 1.05. The molecular weight excluding hydrogens is 404 g/mol. The minimum absolute atomic E-state index is 0.0383. The van der Waals surface area contributed by atoms with Gasteiger partial charge in [-0.15, -0.1) is 0 Å². The topological polar surface area (TPSA) is 118 Å². The molecule has 0 radical (unpaired) electrons. The predicted molar refractivity (Wildman–Crippen MR) is 112 cm³/mol. The summed E-state index contributed by atoms with van der Waals surface area (Å²) in [5.74, 6) is -0.643. The van der Waals surface area contributed by atoms with E-state index in [2.05, 4.69) is 10.3 Å². The zero-order valence-electron chi connectivity index (χ0n) is 17.5. The van der Waals surface area contributed by atoms with Gasteiger partial charge in [0, 0.05) is 24.1 Å². The van der Waals surface area contributed by atoms with Crippen LogP contribution in [0.25, 0.3) is 5.69 Å². The lowest BCUT2D eigenvalue weighted by atomic mass is 10.1. The quantitative estimate of drug-likeness (QED) is 0.434. The van der Waals surface area contributed by atoms with Gasteiger partial charge in [0.05, 0.1) is 38.6 Å². The minimum atomic E-state index is -0.680. The molecule has 10 heteroatoms. The van der Waals surface area contributed by atoms with E-state index < -0.39 is 22.6 Å². The third-order valence-electron chi connectivity index (χ3n) is 4.77. The molecule has 1 amide bonds. The number of hydrogen-bond donors (Lipinski definition) is 1. The minimum Gasteiger partial charge on any atom is -0.493 e. The van der Waals surface area contributed by atoms with Gasteiger partial charge in [0.2, 0.25) is 11.5 Å². The first-order valence-electron chi connectivity index (χ1n) is 9.27. The summed E-state index contributed by atoms with van der Waals surface area (Å²) in [5, 5.41) is 14.5. The normalized spacial score (nSPS) is 11.5. The Bertz CT molecular complexity index is 1080. The molecule has 1 unspecified atom stereocenters. The standard InChI is InChI=1S/C21H22N4O6/c1-13(14-5-7-15(8-6-14)24-10-9-22-12-24)23-21(26)16-11-17(29-2)19(30-3)20(31-4)18(16)25(27)28/h5-13H,1-4H3,(H,23,26). The highest BCUT2D eigenvalue weighted by atomic mass is 16.6. The van der Waals surface area contributed by atoms with Gasteiger partial charge in [-0.3, -0.25) is 14.9 Å². The average Bonchev–Trinajstić information content (AvgIpc) is 3.32. The van der Waals surface area contributed by atoms with Crippen molar-refractivity contribution in [3.63, 3.8) is 0 Å². The summed E-state index contributed by atoms with van der Waals surface area (Å²) in [6.45, 7) is 1.79. The summed E-state index contributed by atoms with van der Waals surface area (Å²) < 4.78 is 17.4. The van der Waals surface area contributed by atoms with E-state index in [0.29, 0.717) is 0 Å². The van der Waals surface area contributed by atoms with Gasteiger partial charge in [-0.05, 0) is 24.6 Å². The van der Waals surface area contributed by atoms with Gasteiger partial charge in [-0.1, -0.05) is 12.1 Å². The van der Waals surface area contributed by atoms with E-state index in [0.717, 1.165) is 11.3 Å². The van der Waals surface area contributed by atoms with E-state index in [1.807, 2.05) is 35.0 Å². The fourth-order valence-electron chi connectivity index (χ4n) is 3.20. The average molecular weight is 426 g/mol. The summed E-state index contributed by atoms with van der Waals surface area (Å²) in [6.07, 6.45) is 5.19. The van der Waals surface area contributed by atoms with Gasteiger partial charge < -0.3 is 24.1 Å². The van der Waals surface area contributed by atoms with Crippen molar-refractivity contribution >= 4 is 11.6 Å². The molecule has 0 fully saturated rings. The van der Waals surface area contributed by atoms with Crippen molar-refractivity contribution in [2.24, 2.45) is 0 Å². The molecule has 31 heavy (non-hydrogen) atoms. The van der Waals surface area contributed by atoms with Crippen molar-refractivity contribution in [1.82, 2.24) is 14.9 Å². The summed E-state index contributed by atoms with van der Waals surface area (Å²) in [4.78, 5) is 28.0. The maximum Gasteiger partial charge on any atom is 0.327 e. The van der Waals surface area contributed by atoms with Crippen LogP contribution in [-0.4, -0.2) is 41.7 Å². The molecule has 0 aliphatic carbocycles. The van der Waals surface area contributed by atoms with Gasteiger partial charge in [0.15, 0.2) is 5.75 Å². The molecule has 1 atom stereocenters. The van der Waals surface area contributed by atoms with Crippen LogP contribution in [0.4, 0.5) is 5.69 Å². The molecule has 0 saturated heterocycles. The maximum atomic E-state index is 13.0. The summed E-state index contributed by atoms with van der Waals surface area (Å²) in [6, 6.07) is 8.36. The van der Waals surface area contributed by atoms with Crippen LogP contribution < -0.4 is 19.5 Å². The van der Waals surface area contributed by atoms with Gasteiger partial charge in [0.1, 0.15) is 5.56 Å². The zero-order valence-corrected chi connectivity index (χ0v) is 17.5. The van der Waals surface area contributed by atoms with E-state index in [9.17, 15) is 14.9 Å². The first kappa shape index (κ1) is 21.6. The molecule has 3 rings (SSSR count). The van der Waals surface area contributed by atoms with Gasteiger partial charge >= 0.3 is 5.69 Å². The van der Waals surface area contributed by atoms with Crippen LogP contribution in [0.2, 0.25) is 0 Å². The van der Waals surface area contributed by atoms with Crippen molar-refractivity contribution in [2.75, 3.05) is 21.3 Å². The Labute approximate surface area is 178 Å². The molecule has 3 aromatic rings. The molecule has 10 nitrogen and oxygen atoms in total. The number of nitrogens with zero attached hydrogens (tertiary/aromatic N) is 3. The monoisotopic (exact) mass is 426 g/mol. The van der Waals surface area contributed by atoms with Crippen LogP contribution in [0.1, 0.15) is 28.9 Å². The lowest BCUT2D eigenvalue weighted by Crippen LogP contribution is -2.27. The highest BCUT2D eigenvalue weighted by molar-refractivity contribution is 6.00. The Morgan fingerprint density at radius 1 is 1.13 bits per heavy atom. The predicted octanol–water partition coefficient (Wildman–Crippen LogP) is 3.30. The largest absolute Gasteiger partial charge is 0.493 e. The number of nitrogens with one attached hydrogen (secondary N) is 1. The number of nitro benzene ring substituents is 1. The summed E-state index contributed by atoms with van der Waals surface area (Å²) in [7, 11) is 3.96. The number of nitro groups is 1. The number of carbonyl (C=O) groups is 1. The second-order valence-electron chi connectivity index (χ2n) is 6.56. The maximum absolute atomic E-state index is 13.0. The first-order valence-corrected chi connectivity index (χ1v) is 9.27. The first-order chi connectivity index (χ1) is 14.9. The SMILES string of the molecule is COc1cc(C(=O)NC(C)c2ccc(-n3ccnc3)cc2)c([N+](=O)[O-])c(OC)c1OC. The molecule has 1 N–H and O–H groups in total. The zero-order chi connectivity index (χ0) is 22.5. The van der Waals surface area contributed by atoms with E-state index in [-0.39, 0.29) is 22.8 Å². The Morgan fingerprint density at radius 3 is 2.32 bits per heavy atom. The molecule has 0 saturated carbocycles. The molecular formula is C21H22N4O6. The van der Waals surface area contributed by atoms with Crippen molar-refractivity contribution in [3.05, 3.63) is 70.3 Å². The molecule has 1 heterocycles. The van der Waals surface area contributed by atoms with E-state index in [4.69, 9.17) is 14.2 Å². The number of aromatic nitrogens is 2. The molecule has 162 valence electrons. The molecule has 0 spiro atoms. The smallest absolute Gasteiger partial charge is 0.327 e. The number of imidazole rings is 1. The van der Waals surface area contributed by atoms with Crippen LogP contribution in [-0.2, 0) is 0 Å². The van der Waals surface area contributed by atoms with Gasteiger partial charge in [-0.25, -0.2) is 4.98 Å². The van der Waals surface area contributed by atoms with Gasteiger partial charge in [0.25, 0.3) is 5.91 Å². The number of methoxy groups -OCH3 is 3. The number of hydrogen-bond acceptors (Lipinski definition) is 7. The molecule has 0 aliphatic heterocycles. The van der Waals surface area contributed by atoms with Crippen LogP contribution in [0.3, 0.4) is 0 Å². The van der Waals surface area contributed by atoms with Crippen LogP contribution in [0.15, 0.2) is 49.1 Å².